The average Bonchev–Trinajstić information content (AvgIpc) is 3.24. The summed E-state index contributed by atoms with van der Waals surface area (Å²) in [6, 6.07) is 7.14. The number of likely N-dealkylation sites (N-methyl/N-ethyl adjacent to an activating group) is 1. The Morgan fingerprint density at radius 1 is 1.25 bits per heavy atom. The van der Waals surface area contributed by atoms with Crippen LogP contribution >= 0.6 is 11.8 Å². The summed E-state index contributed by atoms with van der Waals surface area (Å²) in [5.41, 5.74) is 1.14. The number of thioether (sulfide) groups is 1. The van der Waals surface area contributed by atoms with Crippen LogP contribution < -0.4 is 10.0 Å². The van der Waals surface area contributed by atoms with Gasteiger partial charge in [-0.05, 0) is 56.8 Å². The number of rotatable bonds is 8. The van der Waals surface area contributed by atoms with Gasteiger partial charge in [0.1, 0.15) is 0 Å². The van der Waals surface area contributed by atoms with Crippen molar-refractivity contribution in [1.82, 2.24) is 10.0 Å². The highest BCUT2D eigenvalue weighted by atomic mass is 32.2. The highest BCUT2D eigenvalue weighted by Crippen LogP contribution is 2.46. The van der Waals surface area contributed by atoms with Gasteiger partial charge in [0.05, 0.1) is 4.90 Å². The van der Waals surface area contributed by atoms with Crippen LogP contribution in [0.2, 0.25) is 0 Å². The molecule has 0 saturated heterocycles. The molecule has 0 amide bonds. The summed E-state index contributed by atoms with van der Waals surface area (Å²) in [4.78, 5) is 0.350. The second-order valence-corrected chi connectivity index (χ2v) is 8.25. The van der Waals surface area contributed by atoms with Gasteiger partial charge >= 0.3 is 0 Å². The quantitative estimate of drug-likeness (QED) is 0.765. The van der Waals surface area contributed by atoms with Crippen LogP contribution in [0.4, 0.5) is 0 Å². The zero-order valence-corrected chi connectivity index (χ0v) is 13.6. The lowest BCUT2D eigenvalue weighted by molar-refractivity contribution is 0.579. The monoisotopic (exact) mass is 314 g/mol. The van der Waals surface area contributed by atoms with Crippen molar-refractivity contribution >= 4 is 21.8 Å². The number of sulfonamides is 1. The van der Waals surface area contributed by atoms with Gasteiger partial charge in [-0.3, -0.25) is 0 Å². The Hall–Kier alpha value is -0.560. The molecule has 0 aliphatic heterocycles. The maximum atomic E-state index is 12.2. The molecule has 4 nitrogen and oxygen atoms in total. The Morgan fingerprint density at radius 2 is 1.90 bits per heavy atom. The smallest absolute Gasteiger partial charge is 0.240 e. The Labute approximate surface area is 125 Å². The summed E-state index contributed by atoms with van der Waals surface area (Å²) < 4.78 is 27.3. The largest absolute Gasteiger partial charge is 0.319 e. The van der Waals surface area contributed by atoms with E-state index >= 15 is 0 Å². The number of nitrogens with one attached hydrogen (secondary N) is 2. The summed E-state index contributed by atoms with van der Waals surface area (Å²) >= 11 is 1.75. The first-order valence-corrected chi connectivity index (χ1v) is 9.50. The molecular formula is C14H22N2O2S2. The highest BCUT2D eigenvalue weighted by molar-refractivity contribution is 8.00. The molecule has 1 fully saturated rings. The Balaban J connectivity index is 1.98. The van der Waals surface area contributed by atoms with E-state index in [9.17, 15) is 8.42 Å². The van der Waals surface area contributed by atoms with Crippen LogP contribution in [-0.2, 0) is 16.4 Å². The van der Waals surface area contributed by atoms with E-state index in [4.69, 9.17) is 0 Å². The first kappa shape index (κ1) is 15.8. The third kappa shape index (κ3) is 3.97. The molecule has 1 aliphatic carbocycles. The molecule has 1 saturated carbocycles. The van der Waals surface area contributed by atoms with E-state index in [2.05, 4.69) is 10.0 Å². The van der Waals surface area contributed by atoms with Crippen LogP contribution in [0.3, 0.4) is 0 Å². The first-order valence-electron chi connectivity index (χ1n) is 6.80. The normalized spacial score (nSPS) is 17.1. The summed E-state index contributed by atoms with van der Waals surface area (Å²) in [6.07, 6.45) is 5.14. The molecule has 0 radical (unpaired) electrons. The molecule has 1 aliphatic rings. The zero-order chi connectivity index (χ0) is 14.6. The molecule has 1 aromatic rings. The number of hydrogen-bond donors (Lipinski definition) is 2. The zero-order valence-electron chi connectivity index (χ0n) is 12.0. The van der Waals surface area contributed by atoms with Crippen molar-refractivity contribution < 1.29 is 8.42 Å². The van der Waals surface area contributed by atoms with E-state index in [0.717, 1.165) is 31.4 Å². The summed E-state index contributed by atoms with van der Waals surface area (Å²) in [5, 5.41) is 3.08. The van der Waals surface area contributed by atoms with E-state index in [1.165, 1.54) is 0 Å². The standard InChI is InChI=1S/C14H22N2O2S2/c1-15-10-7-12-3-5-13(6-4-12)20(17,18)16-11-14(19-2)8-9-14/h3-6,15-16H,7-11H2,1-2H3. The Kier molecular flexibility index (Phi) is 5.12. The fourth-order valence-electron chi connectivity index (χ4n) is 2.01. The van der Waals surface area contributed by atoms with Gasteiger partial charge in [0.25, 0.3) is 0 Å². The molecule has 0 heterocycles. The first-order chi connectivity index (χ1) is 9.51. The fourth-order valence-corrected chi connectivity index (χ4v) is 3.95. The second-order valence-electron chi connectivity index (χ2n) is 5.21. The molecule has 112 valence electrons. The lowest BCUT2D eigenvalue weighted by atomic mass is 10.1. The van der Waals surface area contributed by atoms with Gasteiger partial charge in [-0.2, -0.15) is 11.8 Å². The highest BCUT2D eigenvalue weighted by Gasteiger charge is 2.42. The van der Waals surface area contributed by atoms with Crippen molar-refractivity contribution in [3.05, 3.63) is 29.8 Å². The maximum Gasteiger partial charge on any atom is 0.240 e. The lowest BCUT2D eigenvalue weighted by Crippen LogP contribution is -2.31. The fraction of sp³-hybridized carbons (Fsp3) is 0.571. The maximum absolute atomic E-state index is 12.2. The minimum Gasteiger partial charge on any atom is -0.319 e. The van der Waals surface area contributed by atoms with Crippen LogP contribution in [0.5, 0.6) is 0 Å². The van der Waals surface area contributed by atoms with Crippen LogP contribution in [0.1, 0.15) is 18.4 Å². The molecule has 0 unspecified atom stereocenters. The van der Waals surface area contributed by atoms with Crippen molar-refractivity contribution in [2.45, 2.75) is 28.9 Å². The van der Waals surface area contributed by atoms with E-state index in [-0.39, 0.29) is 4.75 Å². The molecule has 1 aromatic carbocycles. The molecule has 20 heavy (non-hydrogen) atoms. The van der Waals surface area contributed by atoms with E-state index in [1.807, 2.05) is 25.4 Å². The molecule has 0 spiro atoms. The van der Waals surface area contributed by atoms with E-state index in [0.29, 0.717) is 11.4 Å². The summed E-state index contributed by atoms with van der Waals surface area (Å²) in [5.74, 6) is 0. The van der Waals surface area contributed by atoms with Gasteiger partial charge in [0.15, 0.2) is 0 Å². The van der Waals surface area contributed by atoms with Crippen LogP contribution in [0.15, 0.2) is 29.2 Å². The SMILES string of the molecule is CNCCc1ccc(S(=O)(=O)NCC2(SC)CC2)cc1. The van der Waals surface area contributed by atoms with Crippen molar-refractivity contribution in [2.24, 2.45) is 0 Å². The number of benzene rings is 1. The third-order valence-corrected chi connectivity index (χ3v) is 6.56. The van der Waals surface area contributed by atoms with Gasteiger partial charge in [0.2, 0.25) is 10.0 Å². The van der Waals surface area contributed by atoms with Crippen molar-refractivity contribution in [1.29, 1.82) is 0 Å². The molecule has 0 bridgehead atoms. The van der Waals surface area contributed by atoms with Crippen molar-refractivity contribution in [3.63, 3.8) is 0 Å². The van der Waals surface area contributed by atoms with Gasteiger partial charge in [-0.1, -0.05) is 12.1 Å². The second kappa shape index (κ2) is 6.47. The van der Waals surface area contributed by atoms with Gasteiger partial charge in [-0.25, -0.2) is 13.1 Å². The van der Waals surface area contributed by atoms with E-state index < -0.39 is 10.0 Å². The average molecular weight is 314 g/mol. The van der Waals surface area contributed by atoms with Gasteiger partial charge in [0, 0.05) is 11.3 Å². The lowest BCUT2D eigenvalue weighted by Gasteiger charge is -2.13. The van der Waals surface area contributed by atoms with Gasteiger partial charge < -0.3 is 5.32 Å². The Bertz CT molecular complexity index is 537. The molecule has 0 atom stereocenters. The summed E-state index contributed by atoms with van der Waals surface area (Å²) in [7, 11) is -1.47. The molecular weight excluding hydrogens is 292 g/mol. The molecule has 2 N–H and O–H groups in total. The molecule has 2 rings (SSSR count). The predicted octanol–water partition coefficient (Wildman–Crippen LogP) is 1.62. The van der Waals surface area contributed by atoms with Crippen molar-refractivity contribution in [2.75, 3.05) is 26.4 Å². The summed E-state index contributed by atoms with van der Waals surface area (Å²) in [6.45, 7) is 1.42. The minimum atomic E-state index is -3.38. The van der Waals surface area contributed by atoms with E-state index in [1.54, 1.807) is 23.9 Å². The number of hydrogen-bond acceptors (Lipinski definition) is 4. The predicted molar refractivity (Wildman–Crippen MR) is 84.7 cm³/mol. The molecule has 6 heteroatoms. The van der Waals surface area contributed by atoms with Gasteiger partial charge in [-0.15, -0.1) is 0 Å². The Morgan fingerprint density at radius 3 is 2.40 bits per heavy atom. The van der Waals surface area contributed by atoms with Crippen molar-refractivity contribution in [3.8, 4) is 0 Å². The third-order valence-electron chi connectivity index (χ3n) is 3.72. The van der Waals surface area contributed by atoms with Crippen LogP contribution in [-0.4, -0.2) is 39.6 Å². The topological polar surface area (TPSA) is 58.2 Å². The molecule has 0 aromatic heterocycles. The van der Waals surface area contributed by atoms with Crippen LogP contribution in [0, 0.1) is 0 Å². The van der Waals surface area contributed by atoms with Crippen LogP contribution in [0.25, 0.3) is 0 Å². The minimum absolute atomic E-state index is 0.139.